The molecule has 0 amide bonds. The van der Waals surface area contributed by atoms with Gasteiger partial charge in [-0.15, -0.1) is 13.2 Å². The summed E-state index contributed by atoms with van der Waals surface area (Å²) in [6, 6.07) is 0. The highest BCUT2D eigenvalue weighted by atomic mass is 16.6. The number of rotatable bonds is 12. The van der Waals surface area contributed by atoms with Gasteiger partial charge in [-0.1, -0.05) is 37.8 Å². The molecule has 0 saturated carbocycles. The second-order valence-corrected chi connectivity index (χ2v) is 7.88. The van der Waals surface area contributed by atoms with Crippen molar-refractivity contribution in [3.63, 3.8) is 0 Å². The van der Waals surface area contributed by atoms with Crippen molar-refractivity contribution in [1.82, 2.24) is 0 Å². The lowest BCUT2D eigenvalue weighted by Crippen LogP contribution is -2.62. The zero-order valence-corrected chi connectivity index (χ0v) is 16.6. The Kier molecular flexibility index (Phi) is 9.30. The summed E-state index contributed by atoms with van der Waals surface area (Å²) in [6.07, 6.45) is 16.1. The van der Waals surface area contributed by atoms with Gasteiger partial charge in [-0.2, -0.15) is 0 Å². The molecule has 1 rings (SSSR count). The molecule has 0 spiro atoms. The predicted octanol–water partition coefficient (Wildman–Crippen LogP) is 6.60. The fourth-order valence-corrected chi connectivity index (χ4v) is 3.76. The van der Waals surface area contributed by atoms with Gasteiger partial charge >= 0.3 is 0 Å². The third kappa shape index (κ3) is 6.04. The van der Waals surface area contributed by atoms with Crippen molar-refractivity contribution in [2.24, 2.45) is 0 Å². The fraction of sp³-hybridized carbons (Fsp3) is 0.818. The van der Waals surface area contributed by atoms with E-state index in [0.717, 1.165) is 25.7 Å². The van der Waals surface area contributed by atoms with Gasteiger partial charge in [0.2, 0.25) is 0 Å². The maximum absolute atomic E-state index is 6.53. The topological polar surface area (TPSA) is 18.5 Å². The van der Waals surface area contributed by atoms with Crippen LogP contribution in [-0.2, 0) is 9.47 Å². The molecule has 4 atom stereocenters. The van der Waals surface area contributed by atoms with Gasteiger partial charge in [0, 0.05) is 0 Å². The van der Waals surface area contributed by atoms with E-state index in [9.17, 15) is 0 Å². The van der Waals surface area contributed by atoms with Crippen LogP contribution in [-0.4, -0.2) is 23.4 Å². The van der Waals surface area contributed by atoms with E-state index in [1.807, 2.05) is 12.2 Å². The summed E-state index contributed by atoms with van der Waals surface area (Å²) in [4.78, 5) is 0. The van der Waals surface area contributed by atoms with E-state index in [4.69, 9.17) is 9.47 Å². The molecule has 1 heterocycles. The highest BCUT2D eigenvalue weighted by Gasteiger charge is 2.51. The molecule has 0 radical (unpaired) electrons. The van der Waals surface area contributed by atoms with Crippen LogP contribution in [0.15, 0.2) is 25.3 Å². The third-order valence-corrected chi connectivity index (χ3v) is 5.80. The van der Waals surface area contributed by atoms with Crippen molar-refractivity contribution in [2.75, 3.05) is 0 Å². The minimum Gasteiger partial charge on any atom is -0.367 e. The van der Waals surface area contributed by atoms with E-state index < -0.39 is 0 Å². The van der Waals surface area contributed by atoms with Crippen molar-refractivity contribution in [2.45, 2.75) is 115 Å². The SMILES string of the molecule is C=CCCCCCC1(C)OC(C)C(C)OC1(C)CCCCCC=C. The highest BCUT2D eigenvalue weighted by Crippen LogP contribution is 2.44. The molecule has 24 heavy (non-hydrogen) atoms. The van der Waals surface area contributed by atoms with Crippen LogP contribution < -0.4 is 0 Å². The van der Waals surface area contributed by atoms with E-state index >= 15 is 0 Å². The molecule has 140 valence electrons. The van der Waals surface area contributed by atoms with Crippen molar-refractivity contribution in [3.05, 3.63) is 25.3 Å². The number of ether oxygens (including phenoxy) is 2. The van der Waals surface area contributed by atoms with Crippen molar-refractivity contribution in [3.8, 4) is 0 Å². The molecule has 0 aromatic heterocycles. The second-order valence-electron chi connectivity index (χ2n) is 7.88. The van der Waals surface area contributed by atoms with Gasteiger partial charge in [0.1, 0.15) is 0 Å². The van der Waals surface area contributed by atoms with Gasteiger partial charge in [-0.3, -0.25) is 0 Å². The number of hydrogen-bond acceptors (Lipinski definition) is 2. The molecule has 0 N–H and O–H groups in total. The average Bonchev–Trinajstić information content (AvgIpc) is 2.53. The van der Waals surface area contributed by atoms with E-state index in [0.29, 0.717) is 0 Å². The minimum atomic E-state index is -0.189. The van der Waals surface area contributed by atoms with E-state index in [1.54, 1.807) is 0 Å². The van der Waals surface area contributed by atoms with Crippen molar-refractivity contribution in [1.29, 1.82) is 0 Å². The molecule has 0 aromatic rings. The fourth-order valence-electron chi connectivity index (χ4n) is 3.76. The zero-order valence-electron chi connectivity index (χ0n) is 16.6. The normalized spacial score (nSPS) is 33.3. The van der Waals surface area contributed by atoms with Gasteiger partial charge in [-0.05, 0) is 66.2 Å². The minimum absolute atomic E-state index is 0.164. The smallest absolute Gasteiger partial charge is 0.0945 e. The Morgan fingerprint density at radius 1 is 0.708 bits per heavy atom. The monoisotopic (exact) mass is 336 g/mol. The first kappa shape index (κ1) is 21.4. The Balaban J connectivity index is 2.62. The third-order valence-electron chi connectivity index (χ3n) is 5.80. The summed E-state index contributed by atoms with van der Waals surface area (Å²) in [5, 5.41) is 0. The van der Waals surface area contributed by atoms with Gasteiger partial charge in [0.25, 0.3) is 0 Å². The molecule has 2 heteroatoms. The quantitative estimate of drug-likeness (QED) is 0.295. The van der Waals surface area contributed by atoms with Crippen molar-refractivity contribution >= 4 is 0 Å². The van der Waals surface area contributed by atoms with Crippen LogP contribution in [0.25, 0.3) is 0 Å². The Labute approximate surface area is 150 Å². The highest BCUT2D eigenvalue weighted by molar-refractivity contribution is 5.01. The second kappa shape index (κ2) is 10.4. The summed E-state index contributed by atoms with van der Waals surface area (Å²) in [5.41, 5.74) is -0.378. The number of hydrogen-bond donors (Lipinski definition) is 0. The Morgan fingerprint density at radius 3 is 1.42 bits per heavy atom. The first-order chi connectivity index (χ1) is 11.4. The van der Waals surface area contributed by atoms with E-state index in [-0.39, 0.29) is 23.4 Å². The van der Waals surface area contributed by atoms with Crippen LogP contribution in [0.1, 0.15) is 91.9 Å². The zero-order chi connectivity index (χ0) is 18.1. The molecular formula is C22H40O2. The predicted molar refractivity (Wildman–Crippen MR) is 104 cm³/mol. The molecule has 1 saturated heterocycles. The maximum atomic E-state index is 6.53. The summed E-state index contributed by atoms with van der Waals surface area (Å²) < 4.78 is 13.1. The summed E-state index contributed by atoms with van der Waals surface area (Å²) in [7, 11) is 0. The van der Waals surface area contributed by atoms with Crippen LogP contribution in [0.2, 0.25) is 0 Å². The summed E-state index contributed by atoms with van der Waals surface area (Å²) >= 11 is 0. The molecule has 0 aliphatic carbocycles. The molecule has 2 nitrogen and oxygen atoms in total. The number of unbranched alkanes of at least 4 members (excludes halogenated alkanes) is 6. The molecule has 1 fully saturated rings. The summed E-state index contributed by atoms with van der Waals surface area (Å²) in [5.74, 6) is 0. The molecule has 0 bridgehead atoms. The standard InChI is InChI=1S/C22H40O2/c1-7-9-11-13-15-17-21(5)22(6,18-16-14-12-10-8-2)24-20(4)19(3)23-21/h7-8,19-20H,1-2,9-18H2,3-6H3. The van der Waals surface area contributed by atoms with E-state index in [2.05, 4.69) is 40.9 Å². The van der Waals surface area contributed by atoms with Crippen LogP contribution in [0.5, 0.6) is 0 Å². The molecule has 1 aliphatic heterocycles. The average molecular weight is 337 g/mol. The Bertz CT molecular complexity index is 342. The first-order valence-corrected chi connectivity index (χ1v) is 9.96. The van der Waals surface area contributed by atoms with Gasteiger partial charge in [-0.25, -0.2) is 0 Å². The van der Waals surface area contributed by atoms with Gasteiger partial charge < -0.3 is 9.47 Å². The van der Waals surface area contributed by atoms with Crippen LogP contribution >= 0.6 is 0 Å². The summed E-state index contributed by atoms with van der Waals surface area (Å²) in [6.45, 7) is 16.4. The molecular weight excluding hydrogens is 296 g/mol. The molecule has 0 aromatic carbocycles. The lowest BCUT2D eigenvalue weighted by molar-refractivity contribution is -0.303. The lowest BCUT2D eigenvalue weighted by atomic mass is 9.76. The van der Waals surface area contributed by atoms with Gasteiger partial charge in [0.05, 0.1) is 23.4 Å². The molecule has 1 aliphatic rings. The van der Waals surface area contributed by atoms with Crippen molar-refractivity contribution < 1.29 is 9.47 Å². The lowest BCUT2D eigenvalue weighted by Gasteiger charge is -2.54. The first-order valence-electron chi connectivity index (χ1n) is 9.96. The van der Waals surface area contributed by atoms with Gasteiger partial charge in [0.15, 0.2) is 0 Å². The van der Waals surface area contributed by atoms with Crippen LogP contribution in [0.3, 0.4) is 0 Å². The van der Waals surface area contributed by atoms with Crippen LogP contribution in [0, 0.1) is 0 Å². The maximum Gasteiger partial charge on any atom is 0.0945 e. The van der Waals surface area contributed by atoms with Crippen LogP contribution in [0.4, 0.5) is 0 Å². The van der Waals surface area contributed by atoms with E-state index in [1.165, 1.54) is 38.5 Å². The Morgan fingerprint density at radius 2 is 1.08 bits per heavy atom. The Hall–Kier alpha value is -0.600. The largest absolute Gasteiger partial charge is 0.367 e. The molecule has 4 unspecified atom stereocenters. The number of allylic oxidation sites excluding steroid dienone is 2.